The number of methoxy groups -OCH3 is 2. The number of rotatable bonds is 5. The Morgan fingerprint density at radius 1 is 1.10 bits per heavy atom. The van der Waals surface area contributed by atoms with Gasteiger partial charge in [0.15, 0.2) is 5.78 Å². The molecule has 0 unspecified atom stereocenters. The number of halogens is 3. The fraction of sp³-hybridized carbons (Fsp3) is 0.300. The Morgan fingerprint density at radius 2 is 1.77 bits per heavy atom. The molecule has 2 aromatic carbocycles. The molecule has 3 rings (SSSR count). The third kappa shape index (κ3) is 3.65. The van der Waals surface area contributed by atoms with Crippen LogP contribution in [0.15, 0.2) is 48.5 Å². The van der Waals surface area contributed by atoms with E-state index >= 15 is 0 Å². The molecule has 10 heteroatoms. The van der Waals surface area contributed by atoms with Crippen molar-refractivity contribution in [1.82, 2.24) is 10.6 Å². The number of urea groups is 1. The molecule has 1 aliphatic heterocycles. The number of aliphatic hydroxyl groups is 1. The zero-order valence-corrected chi connectivity index (χ0v) is 16.0. The van der Waals surface area contributed by atoms with Gasteiger partial charge < -0.3 is 25.2 Å². The van der Waals surface area contributed by atoms with E-state index in [1.807, 2.05) is 0 Å². The van der Waals surface area contributed by atoms with Gasteiger partial charge in [-0.3, -0.25) is 4.79 Å². The third-order valence-corrected chi connectivity index (χ3v) is 4.92. The van der Waals surface area contributed by atoms with Crippen molar-refractivity contribution in [3.05, 3.63) is 59.7 Å². The summed E-state index contributed by atoms with van der Waals surface area (Å²) in [7, 11) is 2.68. The van der Waals surface area contributed by atoms with E-state index in [2.05, 4.69) is 5.32 Å². The molecule has 0 aromatic heterocycles. The normalized spacial score (nSPS) is 23.9. The maximum Gasteiger partial charge on any atom is 0.437 e. The van der Waals surface area contributed by atoms with Crippen LogP contribution in [0.1, 0.15) is 22.0 Å². The standard InChI is InChI=1S/C20H19F3N2O5/c1-29-12-8-9-13(14(10-12)30-2)16-15(17(26)11-6-4-3-5-7-11)19(28,20(21,22)23)25-18(27)24-16/h3-10,15-16,28H,1-2H3,(H2,24,25,27)/t15-,16+,19-/m0/s1. The van der Waals surface area contributed by atoms with E-state index in [9.17, 15) is 27.9 Å². The van der Waals surface area contributed by atoms with Crippen molar-refractivity contribution in [1.29, 1.82) is 0 Å². The van der Waals surface area contributed by atoms with E-state index in [1.54, 1.807) is 6.07 Å². The molecule has 30 heavy (non-hydrogen) atoms. The first kappa shape index (κ1) is 21.4. The molecule has 160 valence electrons. The molecule has 1 heterocycles. The van der Waals surface area contributed by atoms with E-state index in [-0.39, 0.29) is 16.9 Å². The number of Topliss-reactive ketones (excluding diaryl/α,β-unsaturated/α-hetero) is 1. The molecule has 1 fully saturated rings. The summed E-state index contributed by atoms with van der Waals surface area (Å²) < 4.78 is 52.1. The lowest BCUT2D eigenvalue weighted by atomic mass is 9.77. The van der Waals surface area contributed by atoms with Crippen molar-refractivity contribution in [3.63, 3.8) is 0 Å². The van der Waals surface area contributed by atoms with Crippen LogP contribution in [-0.4, -0.2) is 43.0 Å². The number of ether oxygens (including phenoxy) is 2. The monoisotopic (exact) mass is 424 g/mol. The Balaban J connectivity index is 2.21. The number of carbonyl (C=O) groups excluding carboxylic acids is 2. The van der Waals surface area contributed by atoms with Crippen LogP contribution < -0.4 is 20.1 Å². The third-order valence-electron chi connectivity index (χ3n) is 4.92. The van der Waals surface area contributed by atoms with Crippen LogP contribution in [0.4, 0.5) is 18.0 Å². The van der Waals surface area contributed by atoms with E-state index in [0.29, 0.717) is 5.75 Å². The van der Waals surface area contributed by atoms with Gasteiger partial charge in [-0.1, -0.05) is 30.3 Å². The maximum absolute atomic E-state index is 13.9. The van der Waals surface area contributed by atoms with Crippen LogP contribution in [0.25, 0.3) is 0 Å². The summed E-state index contributed by atoms with van der Waals surface area (Å²) in [6.07, 6.45) is -5.34. The summed E-state index contributed by atoms with van der Waals surface area (Å²) >= 11 is 0. The highest BCUT2D eigenvalue weighted by atomic mass is 19.4. The van der Waals surface area contributed by atoms with Gasteiger partial charge in [0.2, 0.25) is 5.72 Å². The summed E-state index contributed by atoms with van der Waals surface area (Å²) in [6, 6.07) is 8.62. The molecule has 1 aliphatic rings. The van der Waals surface area contributed by atoms with Crippen LogP contribution in [0.5, 0.6) is 11.5 Å². The van der Waals surface area contributed by atoms with Crippen molar-refractivity contribution in [3.8, 4) is 11.5 Å². The quantitative estimate of drug-likeness (QED) is 0.642. The van der Waals surface area contributed by atoms with Crippen LogP contribution in [0, 0.1) is 5.92 Å². The minimum absolute atomic E-state index is 0.0550. The minimum Gasteiger partial charge on any atom is -0.497 e. The van der Waals surface area contributed by atoms with Crippen molar-refractivity contribution in [2.24, 2.45) is 5.92 Å². The molecular formula is C20H19F3N2O5. The second kappa shape index (κ2) is 7.86. The maximum atomic E-state index is 13.9. The Kier molecular flexibility index (Phi) is 5.62. The highest BCUT2D eigenvalue weighted by molar-refractivity contribution is 6.00. The molecule has 0 saturated carbocycles. The highest BCUT2D eigenvalue weighted by Gasteiger charge is 2.66. The van der Waals surface area contributed by atoms with Crippen LogP contribution in [-0.2, 0) is 0 Å². The van der Waals surface area contributed by atoms with E-state index in [4.69, 9.17) is 9.47 Å². The van der Waals surface area contributed by atoms with Crippen LogP contribution >= 0.6 is 0 Å². The lowest BCUT2D eigenvalue weighted by Crippen LogP contribution is -2.72. The molecule has 0 radical (unpaired) electrons. The molecule has 1 saturated heterocycles. The summed E-state index contributed by atoms with van der Waals surface area (Å²) in [5.41, 5.74) is -3.79. The van der Waals surface area contributed by atoms with Crippen molar-refractivity contribution >= 4 is 11.8 Å². The van der Waals surface area contributed by atoms with Crippen LogP contribution in [0.3, 0.4) is 0 Å². The number of hydrogen-bond donors (Lipinski definition) is 3. The smallest absolute Gasteiger partial charge is 0.437 e. The topological polar surface area (TPSA) is 96.9 Å². The molecule has 7 nitrogen and oxygen atoms in total. The Hall–Kier alpha value is -3.27. The average molecular weight is 424 g/mol. The lowest BCUT2D eigenvalue weighted by molar-refractivity contribution is -0.287. The molecule has 2 amide bonds. The molecule has 0 bridgehead atoms. The molecule has 3 N–H and O–H groups in total. The van der Waals surface area contributed by atoms with E-state index < -0.39 is 35.7 Å². The minimum atomic E-state index is -5.34. The van der Waals surface area contributed by atoms with Gasteiger partial charge in [-0.2, -0.15) is 13.2 Å². The average Bonchev–Trinajstić information content (AvgIpc) is 2.72. The van der Waals surface area contributed by atoms with Gasteiger partial charge in [0.05, 0.1) is 20.3 Å². The number of carbonyl (C=O) groups is 2. The Bertz CT molecular complexity index is 951. The van der Waals surface area contributed by atoms with Crippen LogP contribution in [0.2, 0.25) is 0 Å². The number of nitrogens with one attached hydrogen (secondary N) is 2. The second-order valence-corrected chi connectivity index (χ2v) is 6.66. The first-order valence-corrected chi connectivity index (χ1v) is 8.81. The van der Waals surface area contributed by atoms with Gasteiger partial charge in [0.25, 0.3) is 0 Å². The van der Waals surface area contributed by atoms with Gasteiger partial charge in [0, 0.05) is 17.2 Å². The molecule has 0 aliphatic carbocycles. The first-order chi connectivity index (χ1) is 14.1. The fourth-order valence-electron chi connectivity index (χ4n) is 3.46. The van der Waals surface area contributed by atoms with Gasteiger partial charge >= 0.3 is 12.2 Å². The molecule has 0 spiro atoms. The lowest BCUT2D eigenvalue weighted by Gasteiger charge is -2.45. The molecular weight excluding hydrogens is 405 g/mol. The van der Waals surface area contributed by atoms with Gasteiger partial charge in [-0.25, -0.2) is 4.79 Å². The Labute approximate surface area is 169 Å². The largest absolute Gasteiger partial charge is 0.497 e. The zero-order chi connectivity index (χ0) is 22.1. The number of benzene rings is 2. The first-order valence-electron chi connectivity index (χ1n) is 8.81. The van der Waals surface area contributed by atoms with Gasteiger partial charge in [-0.15, -0.1) is 0 Å². The summed E-state index contributed by atoms with van der Waals surface area (Å²) in [5.74, 6) is -2.71. The van der Waals surface area contributed by atoms with E-state index in [1.165, 1.54) is 62.0 Å². The van der Waals surface area contributed by atoms with Crippen molar-refractivity contribution < 1.29 is 37.3 Å². The summed E-state index contributed by atoms with van der Waals surface area (Å²) in [5, 5.41) is 14.4. The van der Waals surface area contributed by atoms with Gasteiger partial charge in [-0.05, 0) is 12.1 Å². The predicted octanol–water partition coefficient (Wildman–Crippen LogP) is 2.81. The van der Waals surface area contributed by atoms with Crippen molar-refractivity contribution in [2.75, 3.05) is 14.2 Å². The number of hydrogen-bond acceptors (Lipinski definition) is 5. The molecule has 2 aromatic rings. The number of alkyl halides is 3. The van der Waals surface area contributed by atoms with Gasteiger partial charge in [0.1, 0.15) is 17.4 Å². The SMILES string of the molecule is COc1ccc([C@H]2NC(=O)N[C@@](O)(C(F)(F)F)[C@@H]2C(=O)c2ccccc2)c(OC)c1. The zero-order valence-electron chi connectivity index (χ0n) is 16.0. The number of amides is 2. The number of ketones is 1. The Morgan fingerprint density at radius 3 is 2.33 bits per heavy atom. The fourth-order valence-corrected chi connectivity index (χ4v) is 3.46. The summed E-state index contributed by atoms with van der Waals surface area (Å²) in [4.78, 5) is 25.2. The highest BCUT2D eigenvalue weighted by Crippen LogP contribution is 2.46. The predicted molar refractivity (Wildman–Crippen MR) is 99.2 cm³/mol. The second-order valence-electron chi connectivity index (χ2n) is 6.66. The summed E-state index contributed by atoms with van der Waals surface area (Å²) in [6.45, 7) is 0. The van der Waals surface area contributed by atoms with Crippen molar-refractivity contribution in [2.45, 2.75) is 17.9 Å². The molecule has 3 atom stereocenters. The van der Waals surface area contributed by atoms with E-state index in [0.717, 1.165) is 0 Å².